The van der Waals surface area contributed by atoms with Crippen LogP contribution in [0.3, 0.4) is 0 Å². The predicted octanol–water partition coefficient (Wildman–Crippen LogP) is 5.91. The predicted molar refractivity (Wildman–Crippen MR) is 150 cm³/mol. The highest BCUT2D eigenvalue weighted by Crippen LogP contribution is 2.35. The van der Waals surface area contributed by atoms with Crippen molar-refractivity contribution in [3.05, 3.63) is 77.9 Å². The van der Waals surface area contributed by atoms with E-state index < -0.39 is 11.3 Å². The van der Waals surface area contributed by atoms with Crippen molar-refractivity contribution in [3.8, 4) is 11.1 Å². The van der Waals surface area contributed by atoms with E-state index in [1.807, 2.05) is 42.2 Å². The van der Waals surface area contributed by atoms with Gasteiger partial charge in [-0.2, -0.15) is 0 Å². The molecule has 4 rings (SSSR count). The number of rotatable bonds is 7. The summed E-state index contributed by atoms with van der Waals surface area (Å²) < 4.78 is 25.0. The van der Waals surface area contributed by atoms with E-state index in [9.17, 15) is 13.6 Å². The molecule has 1 aliphatic carbocycles. The second kappa shape index (κ2) is 12.0. The van der Waals surface area contributed by atoms with Crippen LogP contribution in [0.25, 0.3) is 11.1 Å². The number of amidine groups is 1. The standard InChI is InChI=1S/C28H33N5O3S/c1-19-17-20(24-13-6-7-14-25(24)32-37(35)36)15-16-26(19)33(23-11-4-2-3-5-12-23)28(34)31-22-10-8-9-21(18-22)27(29)30/h6-10,13-18,23,32H,2-5,11-12H2,1H3,(H3,29,30)(H,31,34)(H,35,36)/p-1. The van der Waals surface area contributed by atoms with Gasteiger partial charge >= 0.3 is 6.03 Å². The van der Waals surface area contributed by atoms with Gasteiger partial charge in [0.05, 0.1) is 5.69 Å². The Kier molecular flexibility index (Phi) is 8.58. The average Bonchev–Trinajstić information content (AvgIpc) is 3.15. The van der Waals surface area contributed by atoms with E-state index in [0.29, 0.717) is 16.9 Å². The van der Waals surface area contributed by atoms with Crippen molar-refractivity contribution < 1.29 is 13.6 Å². The topological polar surface area (TPSA) is 134 Å². The number of nitrogens with zero attached hydrogens (tertiary/aromatic N) is 1. The minimum Gasteiger partial charge on any atom is -0.755 e. The average molecular weight is 519 g/mol. The maximum Gasteiger partial charge on any atom is 0.326 e. The number of hydrogen-bond donors (Lipinski definition) is 4. The molecule has 1 aliphatic rings. The fourth-order valence-corrected chi connectivity index (χ4v) is 5.30. The zero-order valence-electron chi connectivity index (χ0n) is 20.8. The molecule has 9 heteroatoms. The molecule has 0 radical (unpaired) electrons. The lowest BCUT2D eigenvalue weighted by molar-refractivity contribution is 0.254. The number of nitrogens with one attached hydrogen (secondary N) is 3. The monoisotopic (exact) mass is 518 g/mol. The first-order valence-electron chi connectivity index (χ1n) is 12.4. The molecule has 8 nitrogen and oxygen atoms in total. The molecule has 37 heavy (non-hydrogen) atoms. The van der Waals surface area contributed by atoms with Gasteiger partial charge in [0.25, 0.3) is 0 Å². The number of benzene rings is 3. The van der Waals surface area contributed by atoms with Crippen molar-refractivity contribution in [1.82, 2.24) is 0 Å². The molecular weight excluding hydrogens is 486 g/mol. The molecule has 194 valence electrons. The summed E-state index contributed by atoms with van der Waals surface area (Å²) in [6.07, 6.45) is 6.30. The maximum absolute atomic E-state index is 13.7. The zero-order chi connectivity index (χ0) is 26.4. The lowest BCUT2D eigenvalue weighted by Crippen LogP contribution is -2.43. The van der Waals surface area contributed by atoms with Crippen LogP contribution in [0.2, 0.25) is 0 Å². The van der Waals surface area contributed by atoms with Crippen LogP contribution in [-0.2, 0) is 11.3 Å². The van der Waals surface area contributed by atoms with Gasteiger partial charge in [0.1, 0.15) is 5.84 Å². The minimum absolute atomic E-state index is 0.0554. The molecule has 0 heterocycles. The quantitative estimate of drug-likeness (QED) is 0.134. The summed E-state index contributed by atoms with van der Waals surface area (Å²) in [6.45, 7) is 1.97. The molecule has 2 amide bonds. The van der Waals surface area contributed by atoms with E-state index in [-0.39, 0.29) is 17.9 Å². The molecule has 3 aromatic carbocycles. The highest BCUT2D eigenvalue weighted by atomic mass is 32.2. The molecule has 0 spiro atoms. The molecule has 5 N–H and O–H groups in total. The van der Waals surface area contributed by atoms with Gasteiger partial charge in [-0.3, -0.25) is 14.5 Å². The maximum atomic E-state index is 13.7. The fraction of sp³-hybridized carbons (Fsp3) is 0.286. The van der Waals surface area contributed by atoms with Crippen molar-refractivity contribution in [1.29, 1.82) is 5.41 Å². The number of carbonyl (C=O) groups excluding carboxylic acids is 1. The molecule has 1 unspecified atom stereocenters. The Balaban J connectivity index is 1.69. The summed E-state index contributed by atoms with van der Waals surface area (Å²) in [5.74, 6) is -0.0567. The van der Waals surface area contributed by atoms with Crippen LogP contribution >= 0.6 is 0 Å². The van der Waals surface area contributed by atoms with Crippen LogP contribution in [0.4, 0.5) is 21.9 Å². The molecule has 0 saturated heterocycles. The highest BCUT2D eigenvalue weighted by Gasteiger charge is 2.28. The molecule has 0 aromatic heterocycles. The van der Waals surface area contributed by atoms with Crippen molar-refractivity contribution in [2.45, 2.75) is 51.5 Å². The lowest BCUT2D eigenvalue weighted by Gasteiger charge is -2.33. The second-order valence-electron chi connectivity index (χ2n) is 9.32. The van der Waals surface area contributed by atoms with Gasteiger partial charge < -0.3 is 20.3 Å². The normalized spacial score (nSPS) is 14.9. The van der Waals surface area contributed by atoms with E-state index in [1.165, 1.54) is 0 Å². The second-order valence-corrected chi connectivity index (χ2v) is 10.00. The van der Waals surface area contributed by atoms with Crippen LogP contribution in [0.15, 0.2) is 66.7 Å². The summed E-state index contributed by atoms with van der Waals surface area (Å²) in [4.78, 5) is 15.6. The third-order valence-electron chi connectivity index (χ3n) is 6.72. The third-order valence-corrected chi connectivity index (χ3v) is 7.11. The first kappa shape index (κ1) is 26.4. The van der Waals surface area contributed by atoms with Crippen LogP contribution in [0.1, 0.15) is 49.7 Å². The largest absolute Gasteiger partial charge is 0.755 e. The number of urea groups is 1. The van der Waals surface area contributed by atoms with E-state index in [2.05, 4.69) is 10.0 Å². The Morgan fingerprint density at radius 2 is 1.76 bits per heavy atom. The summed E-state index contributed by atoms with van der Waals surface area (Å²) in [6, 6.07) is 19.9. The summed E-state index contributed by atoms with van der Waals surface area (Å²) >= 11 is -2.44. The van der Waals surface area contributed by atoms with Crippen LogP contribution in [-0.4, -0.2) is 26.7 Å². The zero-order valence-corrected chi connectivity index (χ0v) is 21.6. The molecule has 1 fully saturated rings. The van der Waals surface area contributed by atoms with E-state index in [1.54, 1.807) is 36.4 Å². The molecule has 1 atom stereocenters. The van der Waals surface area contributed by atoms with Gasteiger partial charge in [-0.15, -0.1) is 0 Å². The van der Waals surface area contributed by atoms with Gasteiger partial charge in [0.15, 0.2) is 0 Å². The van der Waals surface area contributed by atoms with Gasteiger partial charge in [-0.25, -0.2) is 4.79 Å². The third kappa shape index (κ3) is 6.55. The lowest BCUT2D eigenvalue weighted by atomic mass is 9.99. The number of nitrogen functional groups attached to an aromatic ring is 1. The Hall–Kier alpha value is -3.69. The highest BCUT2D eigenvalue weighted by molar-refractivity contribution is 7.80. The summed E-state index contributed by atoms with van der Waals surface area (Å²) in [5.41, 5.74) is 10.6. The van der Waals surface area contributed by atoms with Crippen molar-refractivity contribution >= 4 is 40.2 Å². The molecule has 3 aromatic rings. The number of nitrogens with two attached hydrogens (primary N) is 1. The Bertz CT molecular complexity index is 1300. The van der Waals surface area contributed by atoms with Crippen molar-refractivity contribution in [3.63, 3.8) is 0 Å². The van der Waals surface area contributed by atoms with E-state index in [0.717, 1.165) is 60.9 Å². The minimum atomic E-state index is -2.44. The fourth-order valence-electron chi connectivity index (χ4n) is 4.94. The van der Waals surface area contributed by atoms with Gasteiger partial charge in [-0.05, 0) is 61.2 Å². The first-order valence-corrected chi connectivity index (χ1v) is 13.5. The van der Waals surface area contributed by atoms with Crippen LogP contribution in [0.5, 0.6) is 0 Å². The molecule has 0 bridgehead atoms. The Labute approximate surface area is 220 Å². The number of aryl methyl sites for hydroxylation is 1. The summed E-state index contributed by atoms with van der Waals surface area (Å²) in [7, 11) is 0. The Morgan fingerprint density at radius 3 is 2.43 bits per heavy atom. The van der Waals surface area contributed by atoms with Gasteiger partial charge in [0, 0.05) is 39.8 Å². The SMILES string of the molecule is Cc1cc(-c2ccccc2NS(=O)[O-])ccc1N(C(=O)Nc1cccc(C(=N)N)c1)C1CCCCCC1. The number of carbonyl (C=O) groups is 1. The first-order chi connectivity index (χ1) is 17.8. The number of amides is 2. The van der Waals surface area contributed by atoms with Gasteiger partial charge in [-0.1, -0.05) is 62.1 Å². The van der Waals surface area contributed by atoms with Crippen LogP contribution < -0.4 is 20.7 Å². The number of anilines is 3. The molecular formula is C28H32N5O3S-. The van der Waals surface area contributed by atoms with E-state index in [4.69, 9.17) is 11.1 Å². The van der Waals surface area contributed by atoms with Crippen molar-refractivity contribution in [2.75, 3.05) is 14.9 Å². The number of hydrogen-bond acceptors (Lipinski definition) is 4. The summed E-state index contributed by atoms with van der Waals surface area (Å²) in [5, 5.41) is 10.7. The Morgan fingerprint density at radius 1 is 1.03 bits per heavy atom. The molecule has 1 saturated carbocycles. The molecule has 0 aliphatic heterocycles. The van der Waals surface area contributed by atoms with Crippen LogP contribution in [0, 0.1) is 12.3 Å². The van der Waals surface area contributed by atoms with Crippen molar-refractivity contribution in [2.24, 2.45) is 5.73 Å². The smallest absolute Gasteiger partial charge is 0.326 e. The van der Waals surface area contributed by atoms with E-state index >= 15 is 0 Å². The number of para-hydroxylation sites is 1. The van der Waals surface area contributed by atoms with Gasteiger partial charge in [0.2, 0.25) is 0 Å².